The van der Waals surface area contributed by atoms with Crippen LogP contribution in [0.1, 0.15) is 38.5 Å². The molecule has 0 aliphatic carbocycles. The molecule has 194 valence electrons. The van der Waals surface area contributed by atoms with Crippen molar-refractivity contribution in [1.82, 2.24) is 0 Å². The standard InChI is InChI=1S/2C9H12N3P.2BrH.2H2N.3Ni/c2*10-4-1-7-13(8-2-5-11)9-3-6-12;;;;;;;/h2*1-3,7-9H2;2*1H;2*1H2;;;/q;;;;2*-1;;;+4. The average molecular weight is 756 g/mol. The predicted molar refractivity (Wildman–Crippen MR) is 136 cm³/mol. The molecule has 0 bridgehead atoms. The van der Waals surface area contributed by atoms with Gasteiger partial charge in [0.15, 0.2) is 0 Å². The molecule has 4 N–H and O–H groups in total. The second kappa shape index (κ2) is 49.3. The van der Waals surface area contributed by atoms with Crippen LogP contribution in [-0.2, 0) is 43.9 Å². The smallest absolute Gasteiger partial charge is 0 e. The van der Waals surface area contributed by atoms with Gasteiger partial charge in [0.1, 0.15) is 0 Å². The van der Waals surface area contributed by atoms with Crippen molar-refractivity contribution >= 4 is 44.3 Å². The molecule has 0 aromatic rings. The maximum Gasteiger partial charge on any atom is 0 e. The Morgan fingerprint density at radius 2 is 0.576 bits per heavy atom. The molecule has 0 spiro atoms. The van der Waals surface area contributed by atoms with Crippen LogP contribution in [0.25, 0.3) is 12.3 Å². The van der Waals surface area contributed by atoms with E-state index < -0.39 is 15.8 Å². The third-order valence-electron chi connectivity index (χ3n) is 3.54. The Kier molecular flexibility index (Phi) is 74.9. The average Bonchev–Trinajstić information content (AvgIpc) is 2.73. The van der Waals surface area contributed by atoms with Crippen LogP contribution < -0.4 is 0 Å². The zero-order chi connectivity index (χ0) is 22.6. The zero-order valence-electron chi connectivity index (χ0n) is 18.0. The van der Waals surface area contributed by atoms with Crippen LogP contribution in [0.5, 0.6) is 0 Å². The van der Waals surface area contributed by atoms with Crippen LogP contribution in [-0.4, -0.2) is 37.0 Å². The van der Waals surface area contributed by atoms with Crippen molar-refractivity contribution in [2.45, 2.75) is 38.5 Å². The molecule has 0 aromatic heterocycles. The van der Waals surface area contributed by atoms with Crippen LogP contribution in [0.15, 0.2) is 0 Å². The Labute approximate surface area is 242 Å². The normalized spacial score (nSPS) is 7.58. The number of nitrogens with two attached hydrogens (primary N) is 2. The largest absolute Gasteiger partial charge is 0.693 e. The van der Waals surface area contributed by atoms with Gasteiger partial charge in [-0.2, -0.15) is 31.6 Å². The number of hydrogen-bond acceptors (Lipinski definition) is 6. The predicted octanol–water partition coefficient (Wildman–Crippen LogP) is 7.00. The number of hydrogen-bond donors (Lipinski definition) is 0. The van der Waals surface area contributed by atoms with Crippen molar-refractivity contribution in [3.05, 3.63) is 12.3 Å². The van der Waals surface area contributed by atoms with Gasteiger partial charge in [0.2, 0.25) is 0 Å². The number of rotatable bonds is 12. The van der Waals surface area contributed by atoms with Gasteiger partial charge in [-0.3, -0.25) is 0 Å². The third-order valence-corrected chi connectivity index (χ3v) is 9.28. The molecule has 0 atom stereocenters. The first-order valence-corrected chi connectivity index (χ1v) is 17.9. The van der Waals surface area contributed by atoms with Gasteiger partial charge in [-0.05, 0) is 0 Å². The molecule has 0 rings (SSSR count). The number of nitrogens with zero attached hydrogens (tertiary/aromatic N) is 6. The summed E-state index contributed by atoms with van der Waals surface area (Å²) >= 11 is 6.00. The molecule has 0 aliphatic heterocycles. The quantitative estimate of drug-likeness (QED) is 0.151. The summed E-state index contributed by atoms with van der Waals surface area (Å²) in [5, 5.41) is 50.4. The third kappa shape index (κ3) is 50.1. The monoisotopic (exact) mass is 752 g/mol. The number of nitriles is 6. The Morgan fingerprint density at radius 3 is 0.667 bits per heavy atom. The van der Waals surface area contributed by atoms with Crippen LogP contribution >= 0.6 is 44.3 Å². The van der Waals surface area contributed by atoms with E-state index in [4.69, 9.17) is 31.6 Å². The molecule has 0 saturated heterocycles. The van der Waals surface area contributed by atoms with Gasteiger partial charge >= 0.3 is 39.3 Å². The summed E-state index contributed by atoms with van der Waals surface area (Å²) in [5.74, 6) is 0. The summed E-state index contributed by atoms with van der Waals surface area (Å²) < 4.78 is 0. The van der Waals surface area contributed by atoms with Gasteiger partial charge < -0.3 is 12.3 Å². The minimum Gasteiger partial charge on any atom is -0.693 e. The van der Waals surface area contributed by atoms with E-state index in [1.807, 2.05) is 0 Å². The molecule has 0 unspecified atom stereocenters. The van der Waals surface area contributed by atoms with Crippen molar-refractivity contribution in [2.75, 3.05) is 37.0 Å². The minimum absolute atomic E-state index is 0. The van der Waals surface area contributed by atoms with Gasteiger partial charge in [0.05, 0.1) is 112 Å². The molecular weight excluding hydrogens is 726 g/mol. The van der Waals surface area contributed by atoms with Gasteiger partial charge in [-0.15, -0.1) is 0 Å². The molecule has 0 saturated carbocycles. The van der Waals surface area contributed by atoms with Crippen molar-refractivity contribution in [1.29, 1.82) is 31.6 Å². The first-order valence-electron chi connectivity index (χ1n) is 8.82. The van der Waals surface area contributed by atoms with E-state index in [0.29, 0.717) is 38.5 Å². The van der Waals surface area contributed by atoms with E-state index in [2.05, 4.69) is 64.9 Å². The SMILES string of the molecule is N#CCC[PH+](CCC#N)CCC#N.N#CCC[PH+](CCC#N)CCC#N.[Br][Ni+2][Br].[NH2-].[NH2-].[Ni].[Ni]. The molecule has 8 nitrogen and oxygen atoms in total. The molecule has 0 fully saturated rings. The zero-order valence-corrected chi connectivity index (χ0v) is 26.2. The first-order chi connectivity index (χ1) is 14.1. The van der Waals surface area contributed by atoms with E-state index in [9.17, 15) is 0 Å². The van der Waals surface area contributed by atoms with Gasteiger partial charge in [-0.25, -0.2) is 0 Å². The summed E-state index contributed by atoms with van der Waals surface area (Å²) in [4.78, 5) is 0. The van der Waals surface area contributed by atoms with Crippen molar-refractivity contribution < 1.29 is 43.9 Å². The Balaban J connectivity index is -0.0000000659. The van der Waals surface area contributed by atoms with E-state index in [1.165, 1.54) is 10.9 Å². The first kappa shape index (κ1) is 50.1. The fraction of sp³-hybridized carbons (Fsp3) is 0.667. The van der Waals surface area contributed by atoms with E-state index in [-0.39, 0.29) is 45.3 Å². The molecular formula is C18H30Br2N8Ni3P2+2. The maximum atomic E-state index is 8.40. The van der Waals surface area contributed by atoms with Gasteiger partial charge in [0, 0.05) is 48.8 Å². The van der Waals surface area contributed by atoms with Crippen molar-refractivity contribution in [3.63, 3.8) is 0 Å². The molecule has 0 aliphatic rings. The summed E-state index contributed by atoms with van der Waals surface area (Å²) in [6.07, 6.45) is 8.97. The Hall–Kier alpha value is 0.161. The van der Waals surface area contributed by atoms with Gasteiger partial charge in [0.25, 0.3) is 0 Å². The van der Waals surface area contributed by atoms with Gasteiger partial charge in [-0.1, -0.05) is 0 Å². The molecule has 33 heavy (non-hydrogen) atoms. The molecule has 0 radical (unpaired) electrons. The van der Waals surface area contributed by atoms with E-state index in [0.717, 1.165) is 37.0 Å². The topological polar surface area (TPSA) is 210 Å². The van der Waals surface area contributed by atoms with E-state index in [1.54, 1.807) is 0 Å². The maximum absolute atomic E-state index is 8.40. The van der Waals surface area contributed by atoms with Crippen LogP contribution in [0.3, 0.4) is 0 Å². The van der Waals surface area contributed by atoms with E-state index >= 15 is 0 Å². The van der Waals surface area contributed by atoms with Crippen LogP contribution in [0.4, 0.5) is 0 Å². The second-order valence-corrected chi connectivity index (χ2v) is 16.5. The second-order valence-electron chi connectivity index (χ2n) is 5.49. The number of halogens is 2. The fourth-order valence-corrected chi connectivity index (χ4v) is 6.44. The van der Waals surface area contributed by atoms with Crippen molar-refractivity contribution in [3.8, 4) is 36.4 Å². The molecule has 15 heteroatoms. The van der Waals surface area contributed by atoms with Crippen LogP contribution in [0.2, 0.25) is 0 Å². The Bertz CT molecular complexity index is 498. The minimum atomic E-state index is -0.600. The molecule has 0 amide bonds. The fourth-order valence-electron chi connectivity index (χ4n) is 2.15. The Morgan fingerprint density at radius 1 is 0.455 bits per heavy atom. The molecule has 0 aromatic carbocycles. The summed E-state index contributed by atoms with van der Waals surface area (Å²) in [6, 6.07) is 12.7. The van der Waals surface area contributed by atoms with Crippen LogP contribution in [0, 0.1) is 68.0 Å². The summed E-state index contributed by atoms with van der Waals surface area (Å²) in [6.45, 7) is 0. The van der Waals surface area contributed by atoms with Crippen molar-refractivity contribution in [2.24, 2.45) is 0 Å². The summed E-state index contributed by atoms with van der Waals surface area (Å²) in [5.41, 5.74) is 0. The summed E-state index contributed by atoms with van der Waals surface area (Å²) in [7, 11) is 0.0500. The molecule has 0 heterocycles.